The molecule has 0 aliphatic carbocycles. The molecular formula is C13H11ClN2O2. The highest BCUT2D eigenvalue weighted by Crippen LogP contribution is 2.26. The lowest BCUT2D eigenvalue weighted by Gasteiger charge is -2.07. The molecule has 1 amide bonds. The number of carbonyl (C=O) groups excluding carboxylic acids is 1. The zero-order valence-corrected chi connectivity index (χ0v) is 10.4. The largest absolute Gasteiger partial charge is 0.506 e. The number of nitrogens with zero attached hydrogens (tertiary/aromatic N) is 1. The van der Waals surface area contributed by atoms with E-state index >= 15 is 0 Å². The molecule has 1 aromatic heterocycles. The predicted octanol–water partition coefficient (Wildman–Crippen LogP) is 3.00. The summed E-state index contributed by atoms with van der Waals surface area (Å²) < 4.78 is 0. The van der Waals surface area contributed by atoms with E-state index in [9.17, 15) is 9.90 Å². The molecule has 0 unspecified atom stereocenters. The van der Waals surface area contributed by atoms with Crippen molar-refractivity contribution in [2.24, 2.45) is 0 Å². The lowest BCUT2D eigenvalue weighted by Crippen LogP contribution is -2.12. The summed E-state index contributed by atoms with van der Waals surface area (Å²) in [6.07, 6.45) is 1.56. The molecule has 2 rings (SSSR count). The molecule has 0 fully saturated rings. The number of amides is 1. The number of anilines is 1. The lowest BCUT2D eigenvalue weighted by atomic mass is 10.2. The molecule has 0 saturated heterocycles. The fourth-order valence-corrected chi connectivity index (χ4v) is 1.66. The molecule has 0 radical (unpaired) electrons. The highest BCUT2D eigenvalue weighted by molar-refractivity contribution is 6.31. The van der Waals surface area contributed by atoms with E-state index < -0.39 is 0 Å². The Morgan fingerprint density at radius 3 is 2.83 bits per heavy atom. The van der Waals surface area contributed by atoms with Gasteiger partial charge in [-0.2, -0.15) is 0 Å². The van der Waals surface area contributed by atoms with Crippen LogP contribution < -0.4 is 5.32 Å². The van der Waals surface area contributed by atoms with Crippen LogP contribution in [0, 0.1) is 6.92 Å². The monoisotopic (exact) mass is 262 g/mol. The molecule has 0 atom stereocenters. The van der Waals surface area contributed by atoms with Gasteiger partial charge in [0.2, 0.25) is 0 Å². The zero-order valence-electron chi connectivity index (χ0n) is 9.64. The standard InChI is InChI=1S/C13H11ClN2O2/c1-8-6-9(4-5-15-8)13(18)16-11-7-10(14)2-3-12(11)17/h2-7,17H,1H3,(H,16,18). The van der Waals surface area contributed by atoms with Gasteiger partial charge in [0.05, 0.1) is 5.69 Å². The molecule has 2 N–H and O–H groups in total. The highest BCUT2D eigenvalue weighted by Gasteiger charge is 2.09. The highest BCUT2D eigenvalue weighted by atomic mass is 35.5. The summed E-state index contributed by atoms with van der Waals surface area (Å²) in [4.78, 5) is 15.9. The number of aromatic hydroxyl groups is 1. The zero-order chi connectivity index (χ0) is 13.1. The van der Waals surface area contributed by atoms with E-state index in [0.717, 1.165) is 5.69 Å². The number of phenols is 1. The van der Waals surface area contributed by atoms with Crippen LogP contribution >= 0.6 is 11.6 Å². The Balaban J connectivity index is 2.24. The number of rotatable bonds is 2. The summed E-state index contributed by atoms with van der Waals surface area (Å²) in [5.41, 5.74) is 1.50. The number of hydrogen-bond donors (Lipinski definition) is 2. The van der Waals surface area contributed by atoms with E-state index in [1.54, 1.807) is 31.3 Å². The van der Waals surface area contributed by atoms with E-state index in [2.05, 4.69) is 10.3 Å². The molecule has 92 valence electrons. The van der Waals surface area contributed by atoms with Crippen LogP contribution in [0.4, 0.5) is 5.69 Å². The van der Waals surface area contributed by atoms with Crippen molar-refractivity contribution in [2.75, 3.05) is 5.32 Å². The second-order valence-electron chi connectivity index (χ2n) is 3.80. The number of benzene rings is 1. The van der Waals surface area contributed by atoms with Gasteiger partial charge in [-0.15, -0.1) is 0 Å². The number of carbonyl (C=O) groups is 1. The van der Waals surface area contributed by atoms with Crippen LogP contribution in [0.3, 0.4) is 0 Å². The van der Waals surface area contributed by atoms with Crippen molar-refractivity contribution in [3.63, 3.8) is 0 Å². The van der Waals surface area contributed by atoms with Crippen LogP contribution in [0.5, 0.6) is 5.75 Å². The van der Waals surface area contributed by atoms with Crippen molar-refractivity contribution in [3.05, 3.63) is 52.8 Å². The summed E-state index contributed by atoms with van der Waals surface area (Å²) in [5, 5.41) is 12.6. The average molecular weight is 263 g/mol. The third kappa shape index (κ3) is 2.78. The number of aromatic nitrogens is 1. The first-order valence-electron chi connectivity index (χ1n) is 5.29. The van der Waals surface area contributed by atoms with Crippen molar-refractivity contribution < 1.29 is 9.90 Å². The SMILES string of the molecule is Cc1cc(C(=O)Nc2cc(Cl)ccc2O)ccn1. The molecule has 1 aromatic carbocycles. The fraction of sp³-hybridized carbons (Fsp3) is 0.0769. The van der Waals surface area contributed by atoms with Crippen LogP contribution in [0.1, 0.15) is 16.1 Å². The first-order chi connectivity index (χ1) is 8.56. The molecular weight excluding hydrogens is 252 g/mol. The van der Waals surface area contributed by atoms with Gasteiger partial charge >= 0.3 is 0 Å². The molecule has 0 spiro atoms. The molecule has 0 saturated carbocycles. The number of halogens is 1. The predicted molar refractivity (Wildman–Crippen MR) is 70.0 cm³/mol. The summed E-state index contributed by atoms with van der Waals surface area (Å²) in [7, 11) is 0. The summed E-state index contributed by atoms with van der Waals surface area (Å²) >= 11 is 5.80. The number of phenolic OH excluding ortho intramolecular Hbond substituents is 1. The summed E-state index contributed by atoms with van der Waals surface area (Å²) in [5.74, 6) is -0.350. The Morgan fingerprint density at radius 1 is 1.33 bits per heavy atom. The topological polar surface area (TPSA) is 62.2 Å². The van der Waals surface area contributed by atoms with Crippen LogP contribution in [-0.4, -0.2) is 16.0 Å². The summed E-state index contributed by atoms with van der Waals surface area (Å²) in [6, 6.07) is 7.72. The van der Waals surface area contributed by atoms with Crippen molar-refractivity contribution >= 4 is 23.2 Å². The Labute approximate surface area is 109 Å². The van der Waals surface area contributed by atoms with Gasteiger partial charge in [-0.3, -0.25) is 9.78 Å². The van der Waals surface area contributed by atoms with Gasteiger partial charge in [-0.25, -0.2) is 0 Å². The number of nitrogens with one attached hydrogen (secondary N) is 1. The van der Waals surface area contributed by atoms with Crippen LogP contribution in [0.25, 0.3) is 0 Å². The van der Waals surface area contributed by atoms with Crippen molar-refractivity contribution in [1.82, 2.24) is 4.98 Å². The van der Waals surface area contributed by atoms with E-state index in [4.69, 9.17) is 11.6 Å². The Morgan fingerprint density at radius 2 is 2.11 bits per heavy atom. The molecule has 0 aliphatic rings. The first kappa shape index (κ1) is 12.4. The van der Waals surface area contributed by atoms with Gasteiger partial charge in [-0.1, -0.05) is 11.6 Å². The van der Waals surface area contributed by atoms with E-state index in [-0.39, 0.29) is 17.3 Å². The van der Waals surface area contributed by atoms with Gasteiger partial charge in [-0.05, 0) is 37.3 Å². The molecule has 5 heteroatoms. The van der Waals surface area contributed by atoms with Crippen LogP contribution in [0.2, 0.25) is 5.02 Å². The summed E-state index contributed by atoms with van der Waals surface area (Å²) in [6.45, 7) is 1.80. The quantitative estimate of drug-likeness (QED) is 0.818. The molecule has 4 nitrogen and oxygen atoms in total. The van der Waals surface area contributed by atoms with Gasteiger partial charge < -0.3 is 10.4 Å². The van der Waals surface area contributed by atoms with Crippen molar-refractivity contribution in [3.8, 4) is 5.75 Å². The Kier molecular flexibility index (Phi) is 3.48. The lowest BCUT2D eigenvalue weighted by molar-refractivity contribution is 0.102. The van der Waals surface area contributed by atoms with E-state index in [1.165, 1.54) is 12.1 Å². The van der Waals surface area contributed by atoms with E-state index in [1.807, 2.05) is 0 Å². The normalized spacial score (nSPS) is 10.1. The molecule has 0 bridgehead atoms. The van der Waals surface area contributed by atoms with E-state index in [0.29, 0.717) is 10.6 Å². The minimum absolute atomic E-state index is 0.0291. The minimum atomic E-state index is -0.321. The number of pyridine rings is 1. The third-order valence-corrected chi connectivity index (χ3v) is 2.60. The first-order valence-corrected chi connectivity index (χ1v) is 5.66. The molecule has 2 aromatic rings. The minimum Gasteiger partial charge on any atom is -0.506 e. The maximum atomic E-state index is 11.9. The third-order valence-electron chi connectivity index (χ3n) is 2.37. The molecule has 18 heavy (non-hydrogen) atoms. The van der Waals surface area contributed by atoms with Gasteiger partial charge in [0.15, 0.2) is 0 Å². The van der Waals surface area contributed by atoms with Gasteiger partial charge in [0, 0.05) is 22.5 Å². The second-order valence-corrected chi connectivity index (χ2v) is 4.24. The Bertz CT molecular complexity index is 599. The van der Waals surface area contributed by atoms with Gasteiger partial charge in [0.1, 0.15) is 5.75 Å². The second kappa shape index (κ2) is 5.06. The van der Waals surface area contributed by atoms with Crippen molar-refractivity contribution in [1.29, 1.82) is 0 Å². The smallest absolute Gasteiger partial charge is 0.255 e. The van der Waals surface area contributed by atoms with Crippen molar-refractivity contribution in [2.45, 2.75) is 6.92 Å². The maximum absolute atomic E-state index is 11.9. The number of hydrogen-bond acceptors (Lipinski definition) is 3. The van der Waals surface area contributed by atoms with Crippen LogP contribution in [0.15, 0.2) is 36.5 Å². The number of aryl methyl sites for hydroxylation is 1. The maximum Gasteiger partial charge on any atom is 0.255 e. The molecule has 1 heterocycles. The average Bonchev–Trinajstić information content (AvgIpc) is 2.34. The Hall–Kier alpha value is -2.07. The van der Waals surface area contributed by atoms with Crippen LogP contribution in [-0.2, 0) is 0 Å². The fourth-order valence-electron chi connectivity index (χ4n) is 1.49. The van der Waals surface area contributed by atoms with Gasteiger partial charge in [0.25, 0.3) is 5.91 Å². The molecule has 0 aliphatic heterocycles.